The first-order valence-electron chi connectivity index (χ1n) is 9.03. The molecule has 28 heavy (non-hydrogen) atoms. The average Bonchev–Trinajstić information content (AvgIpc) is 2.70. The Hall–Kier alpha value is -2.09. The Balaban J connectivity index is 1.77. The average molecular weight is 423 g/mol. The molecule has 1 aliphatic heterocycles. The summed E-state index contributed by atoms with van der Waals surface area (Å²) in [4.78, 5) is 12.8. The number of nitrogens with one attached hydrogen (secondary N) is 1. The van der Waals surface area contributed by atoms with Crippen LogP contribution < -0.4 is 10.1 Å². The summed E-state index contributed by atoms with van der Waals surface area (Å²) in [6.45, 7) is 2.32. The predicted molar refractivity (Wildman–Crippen MR) is 108 cm³/mol. The molecule has 3 rings (SSSR count). The van der Waals surface area contributed by atoms with Crippen LogP contribution in [0.3, 0.4) is 0 Å². The summed E-state index contributed by atoms with van der Waals surface area (Å²) in [6, 6.07) is 11.5. The zero-order chi connectivity index (χ0) is 20.3. The minimum absolute atomic E-state index is 0.205. The van der Waals surface area contributed by atoms with Crippen LogP contribution >= 0.6 is 11.6 Å². The minimum atomic E-state index is -3.69. The summed E-state index contributed by atoms with van der Waals surface area (Å²) in [5, 5.41) is 3.35. The highest BCUT2D eigenvalue weighted by atomic mass is 35.5. The van der Waals surface area contributed by atoms with Crippen molar-refractivity contribution < 1.29 is 17.9 Å². The molecule has 2 aromatic carbocycles. The maximum Gasteiger partial charge on any atom is 0.255 e. The van der Waals surface area contributed by atoms with E-state index in [1.54, 1.807) is 49.4 Å². The zero-order valence-corrected chi connectivity index (χ0v) is 17.4. The van der Waals surface area contributed by atoms with E-state index in [1.807, 2.05) is 0 Å². The smallest absolute Gasteiger partial charge is 0.255 e. The van der Waals surface area contributed by atoms with Crippen LogP contribution in [0.25, 0.3) is 0 Å². The molecular formula is C20H23ClN2O4S. The van der Waals surface area contributed by atoms with Gasteiger partial charge in [-0.05, 0) is 49.6 Å². The summed E-state index contributed by atoms with van der Waals surface area (Å²) >= 11 is 6.10. The Morgan fingerprint density at radius 1 is 1.21 bits per heavy atom. The number of methoxy groups -OCH3 is 1. The molecule has 2 aromatic rings. The Bertz CT molecular complexity index is 978. The number of piperidine rings is 1. The van der Waals surface area contributed by atoms with Gasteiger partial charge in [0, 0.05) is 24.2 Å². The molecule has 0 aliphatic carbocycles. The normalized spacial score (nSPS) is 17.9. The Morgan fingerprint density at radius 2 is 1.96 bits per heavy atom. The van der Waals surface area contributed by atoms with E-state index in [1.165, 1.54) is 11.4 Å². The van der Waals surface area contributed by atoms with Crippen LogP contribution in [0.5, 0.6) is 5.75 Å². The van der Waals surface area contributed by atoms with E-state index in [4.69, 9.17) is 16.3 Å². The number of carbonyl (C=O) groups excluding carboxylic acids is 1. The fourth-order valence-electron chi connectivity index (χ4n) is 3.38. The van der Waals surface area contributed by atoms with Gasteiger partial charge in [0.15, 0.2) is 0 Å². The van der Waals surface area contributed by atoms with Crippen molar-refractivity contribution in [1.82, 2.24) is 9.62 Å². The fraction of sp³-hybridized carbons (Fsp3) is 0.350. The number of hydrogen-bond donors (Lipinski definition) is 1. The predicted octanol–water partition coefficient (Wildman–Crippen LogP) is 3.24. The molecular weight excluding hydrogens is 400 g/mol. The van der Waals surface area contributed by atoms with Crippen molar-refractivity contribution in [2.45, 2.75) is 30.7 Å². The van der Waals surface area contributed by atoms with Crippen LogP contribution in [-0.4, -0.2) is 44.9 Å². The maximum atomic E-state index is 13.1. The van der Waals surface area contributed by atoms with Crippen molar-refractivity contribution in [1.29, 1.82) is 0 Å². The molecule has 1 fully saturated rings. The largest absolute Gasteiger partial charge is 0.496 e. The first-order chi connectivity index (χ1) is 13.3. The van der Waals surface area contributed by atoms with E-state index >= 15 is 0 Å². The van der Waals surface area contributed by atoms with Crippen LogP contribution in [0.15, 0.2) is 47.4 Å². The standard InChI is InChI=1S/C20H23ClN2O4S/c1-14-17(21)9-5-11-19(14)28(25,26)23-12-6-7-15(13-23)22-20(24)16-8-3-4-10-18(16)27-2/h3-5,8-11,15H,6-7,12-13H2,1-2H3,(H,22,24). The first kappa shape index (κ1) is 20.6. The van der Waals surface area contributed by atoms with Crippen molar-refractivity contribution in [3.05, 3.63) is 58.6 Å². The molecule has 1 N–H and O–H groups in total. The van der Waals surface area contributed by atoms with Crippen molar-refractivity contribution in [3.8, 4) is 5.75 Å². The number of halogens is 1. The molecule has 0 spiro atoms. The van der Waals surface area contributed by atoms with Gasteiger partial charge in [0.05, 0.1) is 17.6 Å². The Kier molecular flexibility index (Phi) is 6.27. The molecule has 0 radical (unpaired) electrons. The van der Waals surface area contributed by atoms with Gasteiger partial charge in [-0.2, -0.15) is 4.31 Å². The number of nitrogens with zero attached hydrogens (tertiary/aromatic N) is 1. The van der Waals surface area contributed by atoms with Gasteiger partial charge in [-0.25, -0.2) is 8.42 Å². The van der Waals surface area contributed by atoms with Gasteiger partial charge in [-0.15, -0.1) is 0 Å². The third-order valence-electron chi connectivity index (χ3n) is 4.91. The molecule has 8 heteroatoms. The SMILES string of the molecule is COc1ccccc1C(=O)NC1CCCN(S(=O)(=O)c2cccc(Cl)c2C)C1. The number of sulfonamides is 1. The number of carbonyl (C=O) groups is 1. The van der Waals surface area contributed by atoms with Crippen LogP contribution in [0.2, 0.25) is 5.02 Å². The molecule has 6 nitrogen and oxygen atoms in total. The lowest BCUT2D eigenvalue weighted by Gasteiger charge is -2.32. The fourth-order valence-corrected chi connectivity index (χ4v) is 5.38. The zero-order valence-electron chi connectivity index (χ0n) is 15.8. The first-order valence-corrected chi connectivity index (χ1v) is 10.9. The molecule has 1 atom stereocenters. The van der Waals surface area contributed by atoms with E-state index < -0.39 is 10.0 Å². The van der Waals surface area contributed by atoms with Crippen LogP contribution in [0, 0.1) is 6.92 Å². The highest BCUT2D eigenvalue weighted by Gasteiger charge is 2.32. The number of hydrogen-bond acceptors (Lipinski definition) is 4. The summed E-state index contributed by atoms with van der Waals surface area (Å²) in [5.41, 5.74) is 0.958. The number of ether oxygens (including phenoxy) is 1. The minimum Gasteiger partial charge on any atom is -0.496 e. The Labute approximate surface area is 170 Å². The molecule has 0 aromatic heterocycles. The van der Waals surface area contributed by atoms with E-state index in [-0.39, 0.29) is 23.4 Å². The maximum absolute atomic E-state index is 13.1. The number of para-hydroxylation sites is 1. The highest BCUT2D eigenvalue weighted by Crippen LogP contribution is 2.27. The Morgan fingerprint density at radius 3 is 2.71 bits per heavy atom. The van der Waals surface area contributed by atoms with Crippen molar-refractivity contribution in [2.24, 2.45) is 0 Å². The molecule has 1 unspecified atom stereocenters. The molecule has 1 saturated heterocycles. The van der Waals surface area contributed by atoms with Crippen LogP contribution in [0.1, 0.15) is 28.8 Å². The van der Waals surface area contributed by atoms with E-state index in [2.05, 4.69) is 5.32 Å². The van der Waals surface area contributed by atoms with Gasteiger partial charge < -0.3 is 10.1 Å². The number of rotatable bonds is 5. The second kappa shape index (κ2) is 8.51. The van der Waals surface area contributed by atoms with Crippen molar-refractivity contribution in [3.63, 3.8) is 0 Å². The second-order valence-corrected chi connectivity index (χ2v) is 9.05. The summed E-state index contributed by atoms with van der Waals surface area (Å²) in [6.07, 6.45) is 1.37. The third kappa shape index (κ3) is 4.16. The molecule has 1 heterocycles. The molecule has 150 valence electrons. The quantitative estimate of drug-likeness (QED) is 0.802. The molecule has 1 amide bonds. The molecule has 0 bridgehead atoms. The molecule has 0 saturated carbocycles. The summed E-state index contributed by atoms with van der Waals surface area (Å²) < 4.78 is 32.8. The van der Waals surface area contributed by atoms with Gasteiger partial charge in [-0.3, -0.25) is 4.79 Å². The van der Waals surface area contributed by atoms with Crippen molar-refractivity contribution >= 4 is 27.5 Å². The van der Waals surface area contributed by atoms with E-state index in [0.717, 1.165) is 0 Å². The molecule has 1 aliphatic rings. The summed E-state index contributed by atoms with van der Waals surface area (Å²) in [7, 11) is -2.18. The lowest BCUT2D eigenvalue weighted by molar-refractivity contribution is 0.0918. The van der Waals surface area contributed by atoms with Gasteiger partial charge in [-0.1, -0.05) is 29.8 Å². The number of benzene rings is 2. The van der Waals surface area contributed by atoms with Gasteiger partial charge in [0.1, 0.15) is 5.75 Å². The van der Waals surface area contributed by atoms with E-state index in [9.17, 15) is 13.2 Å². The van der Waals surface area contributed by atoms with E-state index in [0.29, 0.717) is 41.3 Å². The van der Waals surface area contributed by atoms with Crippen LogP contribution in [0.4, 0.5) is 0 Å². The highest BCUT2D eigenvalue weighted by molar-refractivity contribution is 7.89. The summed E-state index contributed by atoms with van der Waals surface area (Å²) in [5.74, 6) is 0.204. The van der Waals surface area contributed by atoms with Gasteiger partial charge in [0.2, 0.25) is 10.0 Å². The third-order valence-corrected chi connectivity index (χ3v) is 7.33. The lowest BCUT2D eigenvalue weighted by atomic mass is 10.1. The second-order valence-electron chi connectivity index (χ2n) is 6.74. The number of amides is 1. The van der Waals surface area contributed by atoms with Gasteiger partial charge >= 0.3 is 0 Å². The van der Waals surface area contributed by atoms with Crippen LogP contribution in [-0.2, 0) is 10.0 Å². The lowest BCUT2D eigenvalue weighted by Crippen LogP contribution is -2.49. The monoisotopic (exact) mass is 422 g/mol. The topological polar surface area (TPSA) is 75.7 Å². The van der Waals surface area contributed by atoms with Crippen molar-refractivity contribution in [2.75, 3.05) is 20.2 Å². The van der Waals surface area contributed by atoms with Gasteiger partial charge in [0.25, 0.3) is 5.91 Å².